The van der Waals surface area contributed by atoms with Gasteiger partial charge in [0.05, 0.1) is 23.1 Å². The summed E-state index contributed by atoms with van der Waals surface area (Å²) in [5, 5.41) is 8.70. The summed E-state index contributed by atoms with van der Waals surface area (Å²) in [5.41, 5.74) is -0.432. The highest BCUT2D eigenvalue weighted by atomic mass is 19.2. The number of carbonyl (C=O) groups is 2. The van der Waals surface area contributed by atoms with Gasteiger partial charge in [-0.2, -0.15) is 9.65 Å². The normalized spacial score (nSPS) is 17.9. The van der Waals surface area contributed by atoms with E-state index in [1.54, 1.807) is 0 Å². The van der Waals surface area contributed by atoms with Gasteiger partial charge in [0.15, 0.2) is 11.6 Å². The highest BCUT2D eigenvalue weighted by molar-refractivity contribution is 5.91. The van der Waals surface area contributed by atoms with Gasteiger partial charge in [-0.1, -0.05) is 6.92 Å². The largest absolute Gasteiger partial charge is 0.426 e. The highest BCUT2D eigenvalue weighted by Gasteiger charge is 2.28. The zero-order chi connectivity index (χ0) is 23.1. The van der Waals surface area contributed by atoms with Crippen LogP contribution in [0.15, 0.2) is 36.4 Å². The van der Waals surface area contributed by atoms with E-state index in [2.05, 4.69) is 6.92 Å². The summed E-state index contributed by atoms with van der Waals surface area (Å²) in [7, 11) is 0. The molecule has 0 aliphatic heterocycles. The molecule has 0 radical (unpaired) electrons. The fraction of sp³-hybridized carbons (Fsp3) is 0.375. The minimum atomic E-state index is -1.42. The van der Waals surface area contributed by atoms with Crippen LogP contribution >= 0.6 is 0 Å². The molecule has 2 aromatic carbocycles. The summed E-state index contributed by atoms with van der Waals surface area (Å²) in [4.78, 5) is 24.6. The molecule has 32 heavy (non-hydrogen) atoms. The number of rotatable bonds is 7. The van der Waals surface area contributed by atoms with E-state index in [9.17, 15) is 18.4 Å². The molecule has 1 aliphatic rings. The molecule has 0 unspecified atom stereocenters. The summed E-state index contributed by atoms with van der Waals surface area (Å²) >= 11 is 0. The Labute approximate surface area is 184 Å². The molecular weight excluding hydrogens is 420 g/mol. The second-order valence-corrected chi connectivity index (χ2v) is 7.53. The average molecular weight is 443 g/mol. The molecule has 0 amide bonds. The summed E-state index contributed by atoms with van der Waals surface area (Å²) in [6, 6.07) is 9.11. The van der Waals surface area contributed by atoms with E-state index in [-0.39, 0.29) is 29.3 Å². The van der Waals surface area contributed by atoms with Crippen molar-refractivity contribution in [3.63, 3.8) is 0 Å². The molecular formula is C24H23F2NO5. The molecule has 1 aliphatic carbocycles. The number of esters is 2. The number of halogens is 2. The number of nitrogens with zero attached hydrogens (tertiary/aromatic N) is 1. The minimum absolute atomic E-state index is 0.0579. The van der Waals surface area contributed by atoms with Crippen molar-refractivity contribution in [1.82, 2.24) is 0 Å². The van der Waals surface area contributed by atoms with Gasteiger partial charge in [-0.25, -0.2) is 9.18 Å². The molecule has 0 N–H and O–H groups in total. The summed E-state index contributed by atoms with van der Waals surface area (Å²) < 4.78 is 43.6. The van der Waals surface area contributed by atoms with Crippen molar-refractivity contribution in [2.75, 3.05) is 6.61 Å². The molecule has 2 aromatic rings. The van der Waals surface area contributed by atoms with Gasteiger partial charge in [0.25, 0.3) is 0 Å². The maximum absolute atomic E-state index is 13.9. The third-order valence-corrected chi connectivity index (χ3v) is 5.24. The van der Waals surface area contributed by atoms with E-state index in [4.69, 9.17) is 19.5 Å². The van der Waals surface area contributed by atoms with Crippen molar-refractivity contribution in [1.29, 1.82) is 5.26 Å². The molecule has 168 valence electrons. The average Bonchev–Trinajstić information content (AvgIpc) is 2.81. The fourth-order valence-corrected chi connectivity index (χ4v) is 3.46. The Bertz CT molecular complexity index is 1010. The van der Waals surface area contributed by atoms with Crippen LogP contribution in [0.4, 0.5) is 8.78 Å². The second-order valence-electron chi connectivity index (χ2n) is 7.53. The van der Waals surface area contributed by atoms with E-state index in [0.29, 0.717) is 12.8 Å². The predicted octanol–water partition coefficient (Wildman–Crippen LogP) is 4.95. The molecule has 0 aromatic heterocycles. The van der Waals surface area contributed by atoms with Crippen molar-refractivity contribution >= 4 is 11.9 Å². The predicted molar refractivity (Wildman–Crippen MR) is 110 cm³/mol. The van der Waals surface area contributed by atoms with Gasteiger partial charge in [0.1, 0.15) is 11.8 Å². The van der Waals surface area contributed by atoms with Gasteiger partial charge in [0.2, 0.25) is 5.82 Å². The topological polar surface area (TPSA) is 85.6 Å². The lowest BCUT2D eigenvalue weighted by Crippen LogP contribution is -2.29. The number of hydrogen-bond acceptors (Lipinski definition) is 6. The number of carbonyl (C=O) groups excluding carboxylic acids is 2. The number of nitriles is 1. The van der Waals surface area contributed by atoms with Gasteiger partial charge in [-0.05, 0) is 68.5 Å². The van der Waals surface area contributed by atoms with Gasteiger partial charge in [-0.3, -0.25) is 4.79 Å². The van der Waals surface area contributed by atoms with Crippen LogP contribution in [0, 0.1) is 28.9 Å². The number of benzene rings is 2. The first-order valence-corrected chi connectivity index (χ1v) is 10.5. The first-order valence-electron chi connectivity index (χ1n) is 10.5. The lowest BCUT2D eigenvalue weighted by molar-refractivity contribution is -0.141. The van der Waals surface area contributed by atoms with Crippen LogP contribution in [-0.2, 0) is 9.53 Å². The zero-order valence-corrected chi connectivity index (χ0v) is 17.6. The maximum Gasteiger partial charge on any atom is 0.343 e. The van der Waals surface area contributed by atoms with E-state index in [0.717, 1.165) is 38.0 Å². The second kappa shape index (κ2) is 10.8. The van der Waals surface area contributed by atoms with Crippen LogP contribution in [-0.4, -0.2) is 24.6 Å². The minimum Gasteiger partial charge on any atom is -0.426 e. The lowest BCUT2D eigenvalue weighted by atomic mass is 9.87. The standard InChI is InChI=1S/C24H23F2NO5/c1-2-13-30-18-8-3-15(4-9-18)23(28)31-19-10-5-16(6-11-19)24(29)32-20-12-7-17(14-27)21(25)22(20)26/h5-7,10-12,15,18H,2-4,8-9,13H2,1H3. The van der Waals surface area contributed by atoms with E-state index in [1.165, 1.54) is 30.3 Å². The third-order valence-electron chi connectivity index (χ3n) is 5.24. The van der Waals surface area contributed by atoms with E-state index in [1.807, 2.05) is 0 Å². The molecule has 0 spiro atoms. The lowest BCUT2D eigenvalue weighted by Gasteiger charge is -2.27. The summed E-state index contributed by atoms with van der Waals surface area (Å²) in [5.74, 6) is -4.60. The first kappa shape index (κ1) is 23.4. The Balaban J connectivity index is 1.55. The van der Waals surface area contributed by atoms with Crippen LogP contribution in [0.25, 0.3) is 0 Å². The number of ether oxygens (including phenoxy) is 3. The molecule has 1 fully saturated rings. The van der Waals surface area contributed by atoms with Gasteiger partial charge >= 0.3 is 11.9 Å². The van der Waals surface area contributed by atoms with Gasteiger partial charge in [0, 0.05) is 6.61 Å². The molecule has 0 bridgehead atoms. The highest BCUT2D eigenvalue weighted by Crippen LogP contribution is 2.28. The van der Waals surface area contributed by atoms with E-state index < -0.39 is 28.9 Å². The van der Waals surface area contributed by atoms with Crippen LogP contribution in [0.1, 0.15) is 54.9 Å². The Morgan fingerprint density at radius 2 is 1.69 bits per heavy atom. The van der Waals surface area contributed by atoms with Crippen LogP contribution in [0.5, 0.6) is 11.5 Å². The summed E-state index contributed by atoms with van der Waals surface area (Å²) in [6.45, 7) is 2.78. The number of hydrogen-bond donors (Lipinski definition) is 0. The molecule has 0 atom stereocenters. The fourth-order valence-electron chi connectivity index (χ4n) is 3.46. The van der Waals surface area contributed by atoms with Crippen LogP contribution in [0.2, 0.25) is 0 Å². The van der Waals surface area contributed by atoms with Gasteiger partial charge < -0.3 is 14.2 Å². The van der Waals surface area contributed by atoms with Crippen molar-refractivity contribution in [3.8, 4) is 17.6 Å². The quantitative estimate of drug-likeness (QED) is 0.445. The van der Waals surface area contributed by atoms with Crippen molar-refractivity contribution in [2.24, 2.45) is 5.92 Å². The molecule has 0 heterocycles. The van der Waals surface area contributed by atoms with Crippen LogP contribution < -0.4 is 9.47 Å². The molecule has 3 rings (SSSR count). The van der Waals surface area contributed by atoms with E-state index >= 15 is 0 Å². The van der Waals surface area contributed by atoms with Crippen LogP contribution in [0.3, 0.4) is 0 Å². The maximum atomic E-state index is 13.9. The van der Waals surface area contributed by atoms with Gasteiger partial charge in [-0.15, -0.1) is 0 Å². The van der Waals surface area contributed by atoms with Crippen molar-refractivity contribution in [3.05, 3.63) is 59.2 Å². The van der Waals surface area contributed by atoms with Crippen molar-refractivity contribution < 1.29 is 32.6 Å². The molecule has 6 nitrogen and oxygen atoms in total. The third kappa shape index (κ3) is 5.68. The Kier molecular flexibility index (Phi) is 7.90. The monoisotopic (exact) mass is 443 g/mol. The Morgan fingerprint density at radius 3 is 2.31 bits per heavy atom. The Hall–Kier alpha value is -3.31. The molecule has 1 saturated carbocycles. The summed E-state index contributed by atoms with van der Waals surface area (Å²) in [6.07, 6.45) is 4.19. The first-order chi connectivity index (χ1) is 15.4. The molecule has 0 saturated heterocycles. The molecule has 8 heteroatoms. The SMILES string of the molecule is CCCOC1CCC(C(=O)Oc2ccc(C(=O)Oc3ccc(C#N)c(F)c3F)cc2)CC1. The zero-order valence-electron chi connectivity index (χ0n) is 17.6. The Morgan fingerprint density at radius 1 is 1.00 bits per heavy atom. The van der Waals surface area contributed by atoms with Crippen molar-refractivity contribution in [2.45, 2.75) is 45.1 Å². The smallest absolute Gasteiger partial charge is 0.343 e.